The Morgan fingerprint density at radius 1 is 1.30 bits per heavy atom. The third kappa shape index (κ3) is 5.15. The highest BCUT2D eigenvalue weighted by atomic mass is 79.9. The van der Waals surface area contributed by atoms with Crippen molar-refractivity contribution in [2.75, 3.05) is 6.61 Å². The van der Waals surface area contributed by atoms with E-state index in [0.717, 1.165) is 22.9 Å². The Balaban J connectivity index is 1.82. The predicted octanol–water partition coefficient (Wildman–Crippen LogP) is 4.65. The molecule has 1 aromatic heterocycles. The molecular weight excluding hydrogens is 422 g/mol. The molecule has 1 saturated carbocycles. The number of hydrogen-bond acceptors (Lipinski definition) is 4. The van der Waals surface area contributed by atoms with Gasteiger partial charge in [-0.25, -0.2) is 0 Å². The van der Waals surface area contributed by atoms with E-state index in [1.165, 1.54) is 12.3 Å². The largest absolute Gasteiger partial charge is 0.490 e. The molecule has 8 heteroatoms. The molecule has 0 radical (unpaired) electrons. The van der Waals surface area contributed by atoms with Crippen LogP contribution in [0.4, 0.5) is 8.78 Å². The second kappa shape index (κ2) is 8.65. The fourth-order valence-corrected chi connectivity index (χ4v) is 3.12. The SMILES string of the molecule is CCOc1cc(CN(C(=O)c2cncc(Br)c2)C2CC2)ccc1OC(F)F. The summed E-state index contributed by atoms with van der Waals surface area (Å²) in [5.74, 6) is 0.107. The number of pyridine rings is 1. The van der Waals surface area contributed by atoms with E-state index in [2.05, 4.69) is 25.7 Å². The third-order valence-corrected chi connectivity index (χ3v) is 4.51. The van der Waals surface area contributed by atoms with E-state index < -0.39 is 6.61 Å². The molecule has 144 valence electrons. The van der Waals surface area contributed by atoms with Gasteiger partial charge in [-0.2, -0.15) is 8.78 Å². The van der Waals surface area contributed by atoms with E-state index in [4.69, 9.17) is 4.74 Å². The van der Waals surface area contributed by atoms with E-state index in [0.29, 0.717) is 18.7 Å². The number of amides is 1. The van der Waals surface area contributed by atoms with Crippen molar-refractivity contribution in [3.63, 3.8) is 0 Å². The lowest BCUT2D eigenvalue weighted by molar-refractivity contribution is -0.0514. The summed E-state index contributed by atoms with van der Waals surface area (Å²) in [7, 11) is 0. The molecule has 27 heavy (non-hydrogen) atoms. The molecule has 1 heterocycles. The maximum absolute atomic E-state index is 12.9. The summed E-state index contributed by atoms with van der Waals surface area (Å²) in [5, 5.41) is 0. The van der Waals surface area contributed by atoms with Crippen LogP contribution in [-0.2, 0) is 6.54 Å². The first-order valence-corrected chi connectivity index (χ1v) is 9.39. The zero-order valence-corrected chi connectivity index (χ0v) is 16.3. The Labute approximate surface area is 164 Å². The second-order valence-corrected chi connectivity index (χ2v) is 7.06. The monoisotopic (exact) mass is 440 g/mol. The van der Waals surface area contributed by atoms with Gasteiger partial charge >= 0.3 is 6.61 Å². The van der Waals surface area contributed by atoms with Gasteiger partial charge in [-0.05, 0) is 59.5 Å². The number of benzene rings is 1. The Morgan fingerprint density at radius 2 is 2.07 bits per heavy atom. The van der Waals surface area contributed by atoms with Gasteiger partial charge in [0, 0.05) is 29.5 Å². The molecule has 5 nitrogen and oxygen atoms in total. The number of carbonyl (C=O) groups excluding carboxylic acids is 1. The molecule has 0 aliphatic heterocycles. The predicted molar refractivity (Wildman–Crippen MR) is 99.1 cm³/mol. The van der Waals surface area contributed by atoms with Crippen LogP contribution in [-0.4, -0.2) is 35.1 Å². The zero-order chi connectivity index (χ0) is 19.4. The summed E-state index contributed by atoms with van der Waals surface area (Å²) in [6, 6.07) is 6.66. The van der Waals surface area contributed by atoms with Crippen LogP contribution in [0.3, 0.4) is 0 Å². The number of nitrogens with zero attached hydrogens (tertiary/aromatic N) is 2. The summed E-state index contributed by atoms with van der Waals surface area (Å²) >= 11 is 3.33. The molecule has 0 atom stereocenters. The lowest BCUT2D eigenvalue weighted by atomic mass is 10.1. The molecule has 0 N–H and O–H groups in total. The first-order chi connectivity index (χ1) is 13.0. The minimum Gasteiger partial charge on any atom is -0.490 e. The van der Waals surface area contributed by atoms with Gasteiger partial charge in [-0.1, -0.05) is 6.07 Å². The highest BCUT2D eigenvalue weighted by molar-refractivity contribution is 9.10. The maximum Gasteiger partial charge on any atom is 0.387 e. The van der Waals surface area contributed by atoms with Crippen molar-refractivity contribution in [1.82, 2.24) is 9.88 Å². The van der Waals surface area contributed by atoms with Crippen molar-refractivity contribution in [2.45, 2.75) is 39.0 Å². The minimum atomic E-state index is -2.93. The Kier molecular flexibility index (Phi) is 6.26. The number of hydrogen-bond donors (Lipinski definition) is 0. The Bertz CT molecular complexity index is 815. The standard InChI is InChI=1S/C19H19BrF2N2O3/c1-2-26-17-7-12(3-6-16(17)27-19(21)22)11-24(15-4-5-15)18(25)13-8-14(20)10-23-9-13/h3,6-10,15,19H,2,4-5,11H2,1H3. The van der Waals surface area contributed by atoms with Crippen LogP contribution < -0.4 is 9.47 Å². The topological polar surface area (TPSA) is 51.7 Å². The summed E-state index contributed by atoms with van der Waals surface area (Å²) in [5.41, 5.74) is 1.28. The van der Waals surface area contributed by atoms with Crippen LogP contribution in [0.15, 0.2) is 41.1 Å². The second-order valence-electron chi connectivity index (χ2n) is 6.15. The quantitative estimate of drug-likeness (QED) is 0.599. The summed E-state index contributed by atoms with van der Waals surface area (Å²) in [4.78, 5) is 18.7. The number of ether oxygens (including phenoxy) is 2. The summed E-state index contributed by atoms with van der Waals surface area (Å²) in [6.07, 6.45) is 5.04. The fraction of sp³-hybridized carbons (Fsp3) is 0.368. The van der Waals surface area contributed by atoms with Crippen molar-refractivity contribution in [3.8, 4) is 11.5 Å². The molecule has 2 aromatic rings. The minimum absolute atomic E-state index is 0.0175. The van der Waals surface area contributed by atoms with Crippen molar-refractivity contribution in [2.24, 2.45) is 0 Å². The molecule has 1 aromatic carbocycles. The number of rotatable bonds is 8. The molecule has 0 bridgehead atoms. The summed E-state index contributed by atoms with van der Waals surface area (Å²) < 4.78 is 35.7. The van der Waals surface area contributed by atoms with Crippen molar-refractivity contribution >= 4 is 21.8 Å². The lowest BCUT2D eigenvalue weighted by Crippen LogP contribution is -2.32. The van der Waals surface area contributed by atoms with Crippen molar-refractivity contribution in [1.29, 1.82) is 0 Å². The number of alkyl halides is 2. The van der Waals surface area contributed by atoms with E-state index in [-0.39, 0.29) is 23.4 Å². The van der Waals surface area contributed by atoms with Gasteiger partial charge in [-0.3, -0.25) is 9.78 Å². The summed E-state index contributed by atoms with van der Waals surface area (Å²) in [6.45, 7) is -0.494. The van der Waals surface area contributed by atoms with Gasteiger partial charge in [0.2, 0.25) is 0 Å². The average Bonchev–Trinajstić information content (AvgIpc) is 3.46. The van der Waals surface area contributed by atoms with Crippen LogP contribution >= 0.6 is 15.9 Å². The molecule has 1 aliphatic rings. The molecule has 0 saturated heterocycles. The average molecular weight is 441 g/mol. The zero-order valence-electron chi connectivity index (χ0n) is 14.7. The van der Waals surface area contributed by atoms with E-state index in [9.17, 15) is 13.6 Å². The van der Waals surface area contributed by atoms with Crippen molar-refractivity contribution < 1.29 is 23.0 Å². The molecule has 1 amide bonds. The highest BCUT2D eigenvalue weighted by Gasteiger charge is 2.33. The third-order valence-electron chi connectivity index (χ3n) is 4.08. The van der Waals surface area contributed by atoms with Gasteiger partial charge in [0.15, 0.2) is 11.5 Å². The molecular formula is C19H19BrF2N2O3. The Morgan fingerprint density at radius 3 is 2.70 bits per heavy atom. The van der Waals surface area contributed by atoms with Gasteiger partial charge in [0.1, 0.15) is 0 Å². The van der Waals surface area contributed by atoms with Gasteiger partial charge in [0.25, 0.3) is 5.91 Å². The maximum atomic E-state index is 12.9. The highest BCUT2D eigenvalue weighted by Crippen LogP contribution is 2.33. The molecule has 0 unspecified atom stereocenters. The Hall–Kier alpha value is -2.22. The first kappa shape index (κ1) is 19.5. The van der Waals surface area contributed by atoms with Crippen LogP contribution in [0, 0.1) is 0 Å². The molecule has 3 rings (SSSR count). The van der Waals surface area contributed by atoms with Crippen LogP contribution in [0.1, 0.15) is 35.7 Å². The van der Waals surface area contributed by atoms with Crippen LogP contribution in [0.5, 0.6) is 11.5 Å². The molecule has 1 fully saturated rings. The van der Waals surface area contributed by atoms with Crippen LogP contribution in [0.2, 0.25) is 0 Å². The molecule has 0 spiro atoms. The lowest BCUT2D eigenvalue weighted by Gasteiger charge is -2.23. The van der Waals surface area contributed by atoms with Crippen molar-refractivity contribution in [3.05, 3.63) is 52.3 Å². The van der Waals surface area contributed by atoms with Gasteiger partial charge < -0.3 is 14.4 Å². The van der Waals surface area contributed by atoms with E-state index in [1.807, 2.05) is 0 Å². The van der Waals surface area contributed by atoms with Gasteiger partial charge in [0.05, 0.1) is 12.2 Å². The molecule has 1 aliphatic carbocycles. The van der Waals surface area contributed by atoms with Crippen LogP contribution in [0.25, 0.3) is 0 Å². The fourth-order valence-electron chi connectivity index (χ4n) is 2.76. The smallest absolute Gasteiger partial charge is 0.387 e. The normalized spacial score (nSPS) is 13.5. The van der Waals surface area contributed by atoms with Gasteiger partial charge in [-0.15, -0.1) is 0 Å². The number of aromatic nitrogens is 1. The first-order valence-electron chi connectivity index (χ1n) is 8.60. The van der Waals surface area contributed by atoms with E-state index in [1.54, 1.807) is 36.2 Å². The van der Waals surface area contributed by atoms with E-state index >= 15 is 0 Å². The number of halogens is 3. The number of carbonyl (C=O) groups is 1.